The Kier molecular flexibility index (Phi) is 5.43. The third-order valence-corrected chi connectivity index (χ3v) is 5.29. The first-order valence-corrected chi connectivity index (χ1v) is 10.5. The van der Waals surface area contributed by atoms with E-state index in [2.05, 4.69) is 15.5 Å². The van der Waals surface area contributed by atoms with Crippen molar-refractivity contribution in [3.8, 4) is 34.3 Å². The minimum Gasteiger partial charge on any atom is -0.497 e. The van der Waals surface area contributed by atoms with Crippen LogP contribution in [0.2, 0.25) is 0 Å². The summed E-state index contributed by atoms with van der Waals surface area (Å²) in [7, 11) is 3.06. The van der Waals surface area contributed by atoms with Crippen LogP contribution in [0.15, 0.2) is 71.1 Å². The van der Waals surface area contributed by atoms with E-state index in [1.165, 1.54) is 7.11 Å². The summed E-state index contributed by atoms with van der Waals surface area (Å²) >= 11 is 0. The molecule has 0 aliphatic rings. The van der Waals surface area contributed by atoms with E-state index < -0.39 is 0 Å². The molecule has 0 aliphatic carbocycles. The lowest BCUT2D eigenvalue weighted by Crippen LogP contribution is -2.13. The summed E-state index contributed by atoms with van der Waals surface area (Å²) in [5, 5.41) is 16.0. The van der Waals surface area contributed by atoms with Crippen molar-refractivity contribution in [1.82, 2.24) is 19.8 Å². The van der Waals surface area contributed by atoms with Crippen molar-refractivity contribution in [1.29, 1.82) is 0 Å². The lowest BCUT2D eigenvalue weighted by atomic mass is 10.1. The molecule has 1 amide bonds. The molecule has 9 nitrogen and oxygen atoms in total. The van der Waals surface area contributed by atoms with Crippen LogP contribution in [0.25, 0.3) is 28.5 Å². The number of amides is 1. The van der Waals surface area contributed by atoms with Gasteiger partial charge in [-0.2, -0.15) is 9.61 Å². The van der Waals surface area contributed by atoms with E-state index in [-0.39, 0.29) is 5.91 Å². The fraction of sp³-hybridized carbons (Fsp3) is 0.120. The average molecular weight is 455 g/mol. The molecule has 0 unspecified atom stereocenters. The van der Waals surface area contributed by atoms with E-state index >= 15 is 0 Å². The van der Waals surface area contributed by atoms with Crippen molar-refractivity contribution >= 4 is 17.2 Å². The lowest BCUT2D eigenvalue weighted by molar-refractivity contribution is 0.102. The Morgan fingerprint density at radius 2 is 1.85 bits per heavy atom. The molecule has 0 saturated heterocycles. The van der Waals surface area contributed by atoms with E-state index in [1.54, 1.807) is 29.8 Å². The number of ether oxygens (including phenoxy) is 2. The zero-order chi connectivity index (χ0) is 23.7. The zero-order valence-corrected chi connectivity index (χ0v) is 18.8. The second-order valence-corrected chi connectivity index (χ2v) is 7.52. The van der Waals surface area contributed by atoms with Crippen LogP contribution in [0.5, 0.6) is 11.5 Å². The summed E-state index contributed by atoms with van der Waals surface area (Å²) in [4.78, 5) is 13.0. The topological polar surface area (TPSA) is 104 Å². The van der Waals surface area contributed by atoms with Gasteiger partial charge in [-0.15, -0.1) is 10.2 Å². The molecule has 34 heavy (non-hydrogen) atoms. The summed E-state index contributed by atoms with van der Waals surface area (Å²) in [5.41, 5.74) is 3.08. The molecule has 0 spiro atoms. The minimum atomic E-state index is -0.314. The molecular weight excluding hydrogens is 434 g/mol. The van der Waals surface area contributed by atoms with Crippen molar-refractivity contribution in [2.45, 2.75) is 6.92 Å². The Hall–Kier alpha value is -4.66. The standard InChI is InChI=1S/C25H21N5O4/c1-15-7-10-22(34-15)24-28-27-23-12-9-20(29-30(23)24)16-5-4-6-17(13-16)26-25(31)19-14-18(32-2)8-11-21(19)33-3/h4-14H,1-3H3,(H,26,31). The normalized spacial score (nSPS) is 10.9. The first kappa shape index (κ1) is 21.2. The van der Waals surface area contributed by atoms with Crippen LogP contribution in [-0.4, -0.2) is 39.9 Å². The van der Waals surface area contributed by atoms with Gasteiger partial charge >= 0.3 is 0 Å². The Bertz CT molecular complexity index is 1500. The van der Waals surface area contributed by atoms with E-state index in [0.29, 0.717) is 45.7 Å². The quantitative estimate of drug-likeness (QED) is 0.398. The number of furan rings is 1. The minimum absolute atomic E-state index is 0.314. The van der Waals surface area contributed by atoms with Crippen molar-refractivity contribution in [2.24, 2.45) is 0 Å². The molecule has 2 aromatic carbocycles. The predicted molar refractivity (Wildman–Crippen MR) is 126 cm³/mol. The number of anilines is 1. The van der Waals surface area contributed by atoms with Gasteiger partial charge in [0.1, 0.15) is 17.3 Å². The van der Waals surface area contributed by atoms with Crippen LogP contribution in [-0.2, 0) is 0 Å². The third kappa shape index (κ3) is 3.95. The maximum Gasteiger partial charge on any atom is 0.259 e. The van der Waals surface area contributed by atoms with Crippen LogP contribution in [0, 0.1) is 6.92 Å². The molecule has 9 heteroatoms. The predicted octanol–water partition coefficient (Wildman–Crippen LogP) is 4.63. The molecule has 1 N–H and O–H groups in total. The van der Waals surface area contributed by atoms with Gasteiger partial charge in [0.15, 0.2) is 11.4 Å². The number of nitrogens with zero attached hydrogens (tertiary/aromatic N) is 4. The number of carbonyl (C=O) groups excluding carboxylic acids is 1. The smallest absolute Gasteiger partial charge is 0.259 e. The summed E-state index contributed by atoms with van der Waals surface area (Å²) in [6.07, 6.45) is 0. The molecule has 5 aromatic rings. The molecule has 0 fully saturated rings. The fourth-order valence-electron chi connectivity index (χ4n) is 3.60. The first-order chi connectivity index (χ1) is 16.6. The van der Waals surface area contributed by atoms with E-state index in [1.807, 2.05) is 55.5 Å². The van der Waals surface area contributed by atoms with E-state index in [9.17, 15) is 4.79 Å². The van der Waals surface area contributed by atoms with Gasteiger partial charge in [-0.3, -0.25) is 4.79 Å². The largest absolute Gasteiger partial charge is 0.497 e. The molecule has 170 valence electrons. The second kappa shape index (κ2) is 8.70. The lowest BCUT2D eigenvalue weighted by Gasteiger charge is -2.11. The SMILES string of the molecule is COc1ccc(OC)c(C(=O)Nc2cccc(-c3ccc4nnc(-c5ccc(C)o5)n4n3)c2)c1. The Balaban J connectivity index is 1.46. The number of aromatic nitrogens is 4. The average Bonchev–Trinajstić information content (AvgIpc) is 3.49. The Labute approximate surface area is 195 Å². The highest BCUT2D eigenvalue weighted by Gasteiger charge is 2.16. The number of hydrogen-bond acceptors (Lipinski definition) is 7. The van der Waals surface area contributed by atoms with Gasteiger partial charge in [-0.1, -0.05) is 12.1 Å². The first-order valence-electron chi connectivity index (χ1n) is 10.5. The van der Waals surface area contributed by atoms with Crippen molar-refractivity contribution < 1.29 is 18.7 Å². The molecule has 0 saturated carbocycles. The van der Waals surface area contributed by atoms with Crippen molar-refractivity contribution in [2.75, 3.05) is 19.5 Å². The highest BCUT2D eigenvalue weighted by atomic mass is 16.5. The van der Waals surface area contributed by atoms with Crippen LogP contribution in [0.3, 0.4) is 0 Å². The molecule has 0 radical (unpaired) electrons. The van der Waals surface area contributed by atoms with Crippen LogP contribution in [0.1, 0.15) is 16.1 Å². The number of nitrogens with one attached hydrogen (secondary N) is 1. The van der Waals surface area contributed by atoms with Crippen molar-refractivity contribution in [3.63, 3.8) is 0 Å². The molecule has 0 bridgehead atoms. The Morgan fingerprint density at radius 3 is 2.62 bits per heavy atom. The zero-order valence-electron chi connectivity index (χ0n) is 18.8. The number of rotatable bonds is 6. The fourth-order valence-corrected chi connectivity index (χ4v) is 3.60. The number of methoxy groups -OCH3 is 2. The summed E-state index contributed by atoms with van der Waals surface area (Å²) in [6, 6.07) is 19.9. The monoisotopic (exact) mass is 455 g/mol. The van der Waals surface area contributed by atoms with E-state index in [4.69, 9.17) is 19.0 Å². The maximum atomic E-state index is 13.0. The molecule has 3 heterocycles. The number of aryl methyl sites for hydroxylation is 1. The molecular formula is C25H21N5O4. The van der Waals surface area contributed by atoms with Gasteiger partial charge in [0.05, 0.1) is 25.5 Å². The Morgan fingerprint density at radius 1 is 0.971 bits per heavy atom. The van der Waals surface area contributed by atoms with Crippen LogP contribution < -0.4 is 14.8 Å². The maximum absolute atomic E-state index is 13.0. The van der Waals surface area contributed by atoms with Gasteiger partial charge < -0.3 is 19.2 Å². The molecule has 0 aliphatic heterocycles. The van der Waals surface area contributed by atoms with Gasteiger partial charge in [0.2, 0.25) is 5.82 Å². The number of carbonyl (C=O) groups is 1. The highest BCUT2D eigenvalue weighted by Crippen LogP contribution is 2.27. The van der Waals surface area contributed by atoms with Gasteiger partial charge in [-0.05, 0) is 61.5 Å². The molecule has 3 aromatic heterocycles. The van der Waals surface area contributed by atoms with Gasteiger partial charge in [-0.25, -0.2) is 0 Å². The van der Waals surface area contributed by atoms with E-state index in [0.717, 1.165) is 11.3 Å². The second-order valence-electron chi connectivity index (χ2n) is 7.52. The van der Waals surface area contributed by atoms with Gasteiger partial charge in [0.25, 0.3) is 5.91 Å². The van der Waals surface area contributed by atoms with Crippen LogP contribution >= 0.6 is 0 Å². The highest BCUT2D eigenvalue weighted by molar-refractivity contribution is 6.06. The van der Waals surface area contributed by atoms with Crippen molar-refractivity contribution in [3.05, 3.63) is 78.1 Å². The molecule has 5 rings (SSSR count). The third-order valence-electron chi connectivity index (χ3n) is 5.29. The molecule has 0 atom stereocenters. The summed E-state index contributed by atoms with van der Waals surface area (Å²) < 4.78 is 17.9. The number of fused-ring (bicyclic) bond motifs is 1. The number of hydrogen-bond donors (Lipinski definition) is 1. The summed E-state index contributed by atoms with van der Waals surface area (Å²) in [6.45, 7) is 1.87. The summed E-state index contributed by atoms with van der Waals surface area (Å²) in [5.74, 6) is 2.58. The number of benzene rings is 2. The van der Waals surface area contributed by atoms with Gasteiger partial charge in [0, 0.05) is 11.3 Å². The van der Waals surface area contributed by atoms with Crippen LogP contribution in [0.4, 0.5) is 5.69 Å².